The lowest BCUT2D eigenvalue weighted by atomic mass is 10.0. The van der Waals surface area contributed by atoms with E-state index in [4.69, 9.17) is 22.9 Å². The number of nitrogens with two attached hydrogens (primary N) is 4. The van der Waals surface area contributed by atoms with Crippen molar-refractivity contribution in [2.75, 3.05) is 5.32 Å². The second-order valence-corrected chi connectivity index (χ2v) is 8.78. The van der Waals surface area contributed by atoms with Crippen LogP contribution in [0.2, 0.25) is 0 Å². The van der Waals surface area contributed by atoms with Crippen LogP contribution in [0.3, 0.4) is 0 Å². The van der Waals surface area contributed by atoms with Gasteiger partial charge in [0.15, 0.2) is 0 Å². The van der Waals surface area contributed by atoms with Crippen LogP contribution < -0.4 is 33.6 Å². The Balaban J connectivity index is 1.80. The lowest BCUT2D eigenvalue weighted by Gasteiger charge is -2.19. The maximum Gasteiger partial charge on any atom is 0.251 e. The monoisotopic (exact) mass is 540 g/mol. The number of guanidine groups is 2. The third kappa shape index (κ3) is 8.80. The predicted octanol–water partition coefficient (Wildman–Crippen LogP) is 1.66. The van der Waals surface area contributed by atoms with Crippen molar-refractivity contribution in [1.29, 1.82) is 0 Å². The van der Waals surface area contributed by atoms with Gasteiger partial charge in [-0.2, -0.15) is 10.2 Å². The number of benzene rings is 3. The number of nitrogens with one attached hydrogen (secondary N) is 2. The molecule has 12 nitrogen and oxygen atoms in total. The zero-order valence-electron chi connectivity index (χ0n) is 22.2. The van der Waals surface area contributed by atoms with Gasteiger partial charge in [0.25, 0.3) is 5.91 Å². The van der Waals surface area contributed by atoms with E-state index in [2.05, 4.69) is 31.0 Å². The molecule has 206 valence electrons. The number of carbonyl (C=O) groups excluding carboxylic acids is 2. The Labute approximate surface area is 231 Å². The molecular formula is C28H32N10O2. The Hall–Kier alpha value is -5.52. The largest absolute Gasteiger partial charge is 0.369 e. The molecule has 3 aromatic carbocycles. The van der Waals surface area contributed by atoms with Crippen LogP contribution in [0.1, 0.15) is 40.9 Å². The highest BCUT2D eigenvalue weighted by atomic mass is 16.2. The van der Waals surface area contributed by atoms with Gasteiger partial charge in [-0.05, 0) is 54.8 Å². The highest BCUT2D eigenvalue weighted by molar-refractivity contribution is 6.04. The third-order valence-corrected chi connectivity index (χ3v) is 5.65. The van der Waals surface area contributed by atoms with Gasteiger partial charge in [-0.3, -0.25) is 9.59 Å². The van der Waals surface area contributed by atoms with Gasteiger partial charge in [-0.25, -0.2) is 0 Å². The van der Waals surface area contributed by atoms with Gasteiger partial charge >= 0.3 is 0 Å². The summed E-state index contributed by atoms with van der Waals surface area (Å²) >= 11 is 0. The number of carbonyl (C=O) groups is 2. The van der Waals surface area contributed by atoms with Crippen molar-refractivity contribution >= 4 is 40.8 Å². The van der Waals surface area contributed by atoms with Crippen LogP contribution in [-0.2, 0) is 11.2 Å². The van der Waals surface area contributed by atoms with E-state index in [1.165, 1.54) is 0 Å². The maximum absolute atomic E-state index is 13.4. The SMILES string of the molecule is CC(=NN=C(N)N)c1ccc(NC(=O)[C@H](Cc2ccccc2)NC(=O)c2cccc(C(C)=NN=C(N)N)c2)cc1. The molecule has 1 atom stereocenters. The molecule has 0 aliphatic carbocycles. The third-order valence-electron chi connectivity index (χ3n) is 5.65. The van der Waals surface area contributed by atoms with E-state index in [1.54, 1.807) is 62.4 Å². The van der Waals surface area contributed by atoms with E-state index in [9.17, 15) is 9.59 Å². The standard InChI is InChI=1S/C28H32N10O2/c1-17(35-37-27(29)30)20-11-13-23(14-12-20)33-26(40)24(15-19-7-4-3-5-8-19)34-25(39)22-10-6-9-21(16-22)18(2)36-38-28(31)32/h3-14,16,24H,15H2,1-2H3,(H,33,40)(H,34,39)(H4,29,30,37)(H4,31,32,38)/t24-/m0/s1. The molecule has 0 aliphatic rings. The summed E-state index contributed by atoms with van der Waals surface area (Å²) < 4.78 is 0. The van der Waals surface area contributed by atoms with Crippen LogP contribution in [0.25, 0.3) is 0 Å². The van der Waals surface area contributed by atoms with Crippen molar-refractivity contribution in [3.8, 4) is 0 Å². The van der Waals surface area contributed by atoms with Crippen LogP contribution >= 0.6 is 0 Å². The number of amides is 2. The van der Waals surface area contributed by atoms with Gasteiger partial charge < -0.3 is 33.6 Å². The first kappa shape index (κ1) is 29.0. The summed E-state index contributed by atoms with van der Waals surface area (Å²) in [6.07, 6.45) is 0.283. The average molecular weight is 541 g/mol. The molecule has 40 heavy (non-hydrogen) atoms. The number of nitrogens with zero attached hydrogens (tertiary/aromatic N) is 4. The van der Waals surface area contributed by atoms with Crippen LogP contribution in [0, 0.1) is 0 Å². The molecule has 0 aliphatic heterocycles. The first-order valence-corrected chi connectivity index (χ1v) is 12.2. The van der Waals surface area contributed by atoms with Gasteiger partial charge in [0.2, 0.25) is 17.8 Å². The molecule has 0 heterocycles. The van der Waals surface area contributed by atoms with E-state index < -0.39 is 11.9 Å². The summed E-state index contributed by atoms with van der Waals surface area (Å²) in [7, 11) is 0. The van der Waals surface area contributed by atoms with Gasteiger partial charge in [0, 0.05) is 17.7 Å². The lowest BCUT2D eigenvalue weighted by Crippen LogP contribution is -2.45. The zero-order chi connectivity index (χ0) is 29.1. The molecule has 0 fully saturated rings. The molecular weight excluding hydrogens is 508 g/mol. The van der Waals surface area contributed by atoms with Crippen LogP contribution in [0.5, 0.6) is 0 Å². The smallest absolute Gasteiger partial charge is 0.251 e. The second kappa shape index (κ2) is 13.9. The molecule has 10 N–H and O–H groups in total. The minimum atomic E-state index is -0.861. The summed E-state index contributed by atoms with van der Waals surface area (Å²) in [5.41, 5.74) is 25.7. The van der Waals surface area contributed by atoms with Crippen LogP contribution in [0.15, 0.2) is 99.3 Å². The summed E-state index contributed by atoms with van der Waals surface area (Å²) in [4.78, 5) is 26.6. The fourth-order valence-electron chi connectivity index (χ4n) is 3.59. The van der Waals surface area contributed by atoms with Crippen LogP contribution in [-0.4, -0.2) is 41.2 Å². The van der Waals surface area contributed by atoms with Crippen molar-refractivity contribution in [2.45, 2.75) is 26.3 Å². The number of hydrogen-bond acceptors (Lipinski definition) is 6. The Bertz CT molecular complexity index is 1450. The van der Waals surface area contributed by atoms with Gasteiger partial charge in [-0.1, -0.05) is 54.6 Å². The highest BCUT2D eigenvalue weighted by Gasteiger charge is 2.22. The molecule has 0 spiro atoms. The molecule has 0 saturated heterocycles. The molecule has 0 bridgehead atoms. The zero-order valence-corrected chi connectivity index (χ0v) is 22.2. The Kier molecular flexibility index (Phi) is 10.1. The van der Waals surface area contributed by atoms with Gasteiger partial charge in [-0.15, -0.1) is 10.2 Å². The first-order chi connectivity index (χ1) is 19.1. The van der Waals surface area contributed by atoms with Gasteiger partial charge in [0.05, 0.1) is 11.4 Å². The summed E-state index contributed by atoms with van der Waals surface area (Å²) in [5, 5.41) is 20.9. The molecule has 3 rings (SSSR count). The minimum absolute atomic E-state index is 0.143. The second-order valence-electron chi connectivity index (χ2n) is 8.78. The summed E-state index contributed by atoms with van der Waals surface area (Å²) in [6.45, 7) is 3.48. The summed E-state index contributed by atoms with van der Waals surface area (Å²) in [6, 6.07) is 22.4. The molecule has 3 aromatic rings. The number of rotatable bonds is 10. The van der Waals surface area contributed by atoms with E-state index in [1.807, 2.05) is 30.3 Å². The van der Waals surface area contributed by atoms with Gasteiger partial charge in [0.1, 0.15) is 6.04 Å². The van der Waals surface area contributed by atoms with Crippen molar-refractivity contribution in [2.24, 2.45) is 43.3 Å². The Morgan fingerprint density at radius 1 is 0.700 bits per heavy atom. The molecule has 2 amide bonds. The van der Waals surface area contributed by atoms with Crippen LogP contribution in [0.4, 0.5) is 5.69 Å². The van der Waals surface area contributed by atoms with E-state index >= 15 is 0 Å². The topological polar surface area (TPSA) is 212 Å². The molecule has 0 saturated carbocycles. The number of anilines is 1. The highest BCUT2D eigenvalue weighted by Crippen LogP contribution is 2.14. The van der Waals surface area contributed by atoms with Crippen molar-refractivity contribution in [1.82, 2.24) is 5.32 Å². The van der Waals surface area contributed by atoms with Crippen molar-refractivity contribution in [3.05, 3.63) is 101 Å². The fourth-order valence-corrected chi connectivity index (χ4v) is 3.59. The predicted molar refractivity (Wildman–Crippen MR) is 159 cm³/mol. The maximum atomic E-state index is 13.4. The molecule has 12 heteroatoms. The average Bonchev–Trinajstić information content (AvgIpc) is 2.95. The van der Waals surface area contributed by atoms with E-state index in [0.29, 0.717) is 28.2 Å². The number of hydrogen-bond donors (Lipinski definition) is 6. The molecule has 0 aromatic heterocycles. The first-order valence-electron chi connectivity index (χ1n) is 12.2. The Morgan fingerprint density at radius 3 is 1.88 bits per heavy atom. The van der Waals surface area contributed by atoms with Crippen molar-refractivity contribution < 1.29 is 9.59 Å². The molecule has 0 unspecified atom stereocenters. The quantitative estimate of drug-likeness (QED) is 0.128. The van der Waals surface area contributed by atoms with E-state index in [0.717, 1.165) is 11.1 Å². The Morgan fingerprint density at radius 2 is 1.27 bits per heavy atom. The lowest BCUT2D eigenvalue weighted by molar-refractivity contribution is -0.118. The molecule has 0 radical (unpaired) electrons. The van der Waals surface area contributed by atoms with E-state index in [-0.39, 0.29) is 24.2 Å². The minimum Gasteiger partial charge on any atom is -0.369 e. The summed E-state index contributed by atoms with van der Waals surface area (Å²) in [5.74, 6) is -1.12. The fraction of sp³-hybridized carbons (Fsp3) is 0.143. The normalized spacial score (nSPS) is 12.2. The van der Waals surface area contributed by atoms with Crippen molar-refractivity contribution in [3.63, 3.8) is 0 Å².